The molecule has 44 valence electrons. The van der Waals surface area contributed by atoms with Crippen molar-refractivity contribution in [2.45, 2.75) is 13.3 Å². The Morgan fingerprint density at radius 2 is 2.25 bits per heavy atom. The van der Waals surface area contributed by atoms with Gasteiger partial charge in [0.15, 0.2) is 0 Å². The van der Waals surface area contributed by atoms with E-state index in [1.807, 2.05) is 0 Å². The van der Waals surface area contributed by atoms with Crippen molar-refractivity contribution in [2.75, 3.05) is 0 Å². The summed E-state index contributed by atoms with van der Waals surface area (Å²) in [4.78, 5) is 0. The molecule has 0 aromatic carbocycles. The average molecular weight is 207 g/mol. The van der Waals surface area contributed by atoms with Crippen LogP contribution in [0.15, 0.2) is 17.7 Å². The molecule has 0 nitrogen and oxygen atoms in total. The van der Waals surface area contributed by atoms with Gasteiger partial charge in [-0.15, -0.1) is 18.8 Å². The Kier molecular flexibility index (Phi) is 8.28. The van der Waals surface area contributed by atoms with Crippen LogP contribution in [0.4, 0.5) is 0 Å². The fourth-order valence-corrected chi connectivity index (χ4v) is 0.515. The van der Waals surface area contributed by atoms with E-state index in [0.717, 1.165) is 6.42 Å². The summed E-state index contributed by atoms with van der Waals surface area (Å²) in [6.45, 7) is 2.06. The van der Waals surface area contributed by atoms with Crippen LogP contribution in [0.3, 0.4) is 0 Å². The number of hydrogen-bond acceptors (Lipinski definition) is 0. The van der Waals surface area contributed by atoms with Gasteiger partial charge in [0.25, 0.3) is 0 Å². The summed E-state index contributed by atoms with van der Waals surface area (Å²) in [7, 11) is 0. The Hall–Kier alpha value is 0.653. The van der Waals surface area contributed by atoms with Crippen molar-refractivity contribution < 1.29 is 26.2 Å². The molecule has 0 spiro atoms. The van der Waals surface area contributed by atoms with Crippen LogP contribution in [-0.4, -0.2) is 0 Å². The maximum Gasteiger partial charge on any atom is 0 e. The fourth-order valence-electron chi connectivity index (χ4n) is 0.515. The molecule has 0 saturated heterocycles. The number of hydrogen-bond donors (Lipinski definition) is 0. The second-order valence-corrected chi connectivity index (χ2v) is 1.47. The topological polar surface area (TPSA) is 0 Å². The van der Waals surface area contributed by atoms with Gasteiger partial charge in [-0.05, 0) is 0 Å². The predicted octanol–water partition coefficient (Wildman–Crippen LogP) is 2.12. The first kappa shape index (κ1) is 11.4. The van der Waals surface area contributed by atoms with Gasteiger partial charge in [0.2, 0.25) is 0 Å². The van der Waals surface area contributed by atoms with E-state index in [4.69, 9.17) is 0 Å². The monoisotopic (exact) mass is 205 g/mol. The molecule has 0 radical (unpaired) electrons. The van der Waals surface area contributed by atoms with Gasteiger partial charge >= 0.3 is 0 Å². The van der Waals surface area contributed by atoms with Gasteiger partial charge in [-0.3, -0.25) is 6.08 Å². The Bertz CT molecular complexity index is 102. The summed E-state index contributed by atoms with van der Waals surface area (Å²) in [5, 5.41) is 0. The van der Waals surface area contributed by atoms with Crippen molar-refractivity contribution in [3.63, 3.8) is 0 Å². The summed E-state index contributed by atoms with van der Waals surface area (Å²) in [5.74, 6) is 0. The van der Waals surface area contributed by atoms with Crippen LogP contribution in [0.25, 0.3) is 0 Å². The summed E-state index contributed by atoms with van der Waals surface area (Å²) in [5.41, 5.74) is 1.27. The molecule has 8 heavy (non-hydrogen) atoms. The number of allylic oxidation sites excluding steroid dienone is 4. The standard InChI is InChI=1S/C6H7.ClH.Zr/c1-6-4-2-3-5-6;;/h2,4H,3H2,1H3;1H;/q-1;;. The van der Waals surface area contributed by atoms with Gasteiger partial charge in [-0.1, -0.05) is 6.92 Å². The molecule has 0 bridgehead atoms. The van der Waals surface area contributed by atoms with Gasteiger partial charge in [0.1, 0.15) is 0 Å². The SMILES string of the molecule is CC1=[C-]CC=C1.Cl.[Zr]. The van der Waals surface area contributed by atoms with Crippen LogP contribution in [0.1, 0.15) is 13.3 Å². The van der Waals surface area contributed by atoms with E-state index in [1.165, 1.54) is 5.57 Å². The van der Waals surface area contributed by atoms with E-state index in [0.29, 0.717) is 0 Å². The molecule has 0 aromatic heterocycles. The number of halogens is 1. The third-order valence-electron chi connectivity index (χ3n) is 0.867. The molecule has 0 amide bonds. The van der Waals surface area contributed by atoms with Gasteiger partial charge in [-0.2, -0.15) is 6.08 Å². The van der Waals surface area contributed by atoms with Crippen LogP contribution in [0, 0.1) is 6.08 Å². The second-order valence-electron chi connectivity index (χ2n) is 1.47. The van der Waals surface area contributed by atoms with E-state index >= 15 is 0 Å². The van der Waals surface area contributed by atoms with Gasteiger partial charge in [-0.25, -0.2) is 11.6 Å². The van der Waals surface area contributed by atoms with E-state index < -0.39 is 0 Å². The molecule has 0 N–H and O–H groups in total. The average Bonchev–Trinajstić information content (AvgIpc) is 1.86. The minimum absolute atomic E-state index is 0. The zero-order valence-corrected chi connectivity index (χ0v) is 8.04. The molecule has 0 atom stereocenters. The van der Waals surface area contributed by atoms with Crippen LogP contribution in [-0.2, 0) is 26.2 Å². The van der Waals surface area contributed by atoms with Crippen LogP contribution < -0.4 is 0 Å². The maximum absolute atomic E-state index is 3.12. The fraction of sp³-hybridized carbons (Fsp3) is 0.333. The maximum atomic E-state index is 3.12. The quantitative estimate of drug-likeness (QED) is 0.533. The van der Waals surface area contributed by atoms with Crippen molar-refractivity contribution in [3.05, 3.63) is 23.8 Å². The van der Waals surface area contributed by atoms with Crippen molar-refractivity contribution >= 4 is 12.4 Å². The first-order valence-corrected chi connectivity index (χ1v) is 2.13. The molecule has 0 heterocycles. The van der Waals surface area contributed by atoms with Crippen molar-refractivity contribution in [1.82, 2.24) is 0 Å². The van der Waals surface area contributed by atoms with E-state index in [1.54, 1.807) is 0 Å². The molecule has 2 heteroatoms. The van der Waals surface area contributed by atoms with E-state index in [2.05, 4.69) is 25.2 Å². The Labute approximate surface area is 75.6 Å². The predicted molar refractivity (Wildman–Crippen MR) is 33.4 cm³/mol. The van der Waals surface area contributed by atoms with Gasteiger partial charge < -0.3 is 0 Å². The summed E-state index contributed by atoms with van der Waals surface area (Å²) < 4.78 is 0. The van der Waals surface area contributed by atoms with Crippen LogP contribution in [0.5, 0.6) is 0 Å². The molecule has 0 aromatic rings. The Balaban J connectivity index is 0. The third kappa shape index (κ3) is 3.63. The molecule has 0 aliphatic heterocycles. The number of rotatable bonds is 0. The first-order chi connectivity index (χ1) is 2.89. The summed E-state index contributed by atoms with van der Waals surface area (Å²) in [6.07, 6.45) is 8.33. The van der Waals surface area contributed by atoms with Gasteiger partial charge in [0.05, 0.1) is 0 Å². The first-order valence-electron chi connectivity index (χ1n) is 2.13. The molecule has 0 unspecified atom stereocenters. The molecular weight excluding hydrogens is 199 g/mol. The normalized spacial score (nSPS) is 13.9. The largest absolute Gasteiger partial charge is 0.270 e. The van der Waals surface area contributed by atoms with Crippen molar-refractivity contribution in [3.8, 4) is 0 Å². The Morgan fingerprint density at radius 1 is 1.62 bits per heavy atom. The van der Waals surface area contributed by atoms with Crippen molar-refractivity contribution in [1.29, 1.82) is 0 Å². The molecule has 1 rings (SSSR count). The molecule has 1 aliphatic carbocycles. The zero-order valence-electron chi connectivity index (χ0n) is 4.77. The van der Waals surface area contributed by atoms with Crippen LogP contribution in [0.2, 0.25) is 0 Å². The zero-order chi connectivity index (χ0) is 4.41. The third-order valence-corrected chi connectivity index (χ3v) is 0.867. The second kappa shape index (κ2) is 5.78. The smallest absolute Gasteiger partial charge is 0 e. The van der Waals surface area contributed by atoms with Crippen LogP contribution >= 0.6 is 12.4 Å². The van der Waals surface area contributed by atoms with E-state index in [9.17, 15) is 0 Å². The summed E-state index contributed by atoms with van der Waals surface area (Å²) in [6, 6.07) is 0. The van der Waals surface area contributed by atoms with Gasteiger partial charge in [0, 0.05) is 26.2 Å². The van der Waals surface area contributed by atoms with Crippen molar-refractivity contribution in [2.24, 2.45) is 0 Å². The molecule has 0 fully saturated rings. The molecule has 0 saturated carbocycles. The molecular formula is C6H8ClZr-. The van der Waals surface area contributed by atoms with E-state index in [-0.39, 0.29) is 38.6 Å². The Morgan fingerprint density at radius 3 is 2.38 bits per heavy atom. The molecule has 1 aliphatic rings. The summed E-state index contributed by atoms with van der Waals surface area (Å²) >= 11 is 0. The minimum atomic E-state index is 0. The minimum Gasteiger partial charge on any atom is -0.270 e.